The van der Waals surface area contributed by atoms with Crippen LogP contribution in [0.4, 0.5) is 0 Å². The van der Waals surface area contributed by atoms with Crippen molar-refractivity contribution in [3.05, 3.63) is 0 Å². The zero-order valence-corrected chi connectivity index (χ0v) is 7.68. The van der Waals surface area contributed by atoms with Crippen LogP contribution < -0.4 is 0 Å². The molecule has 5 nitrogen and oxygen atoms in total. The molecule has 70 valence electrons. The molecule has 0 aromatic rings. The Morgan fingerprint density at radius 1 is 1.58 bits per heavy atom. The van der Waals surface area contributed by atoms with E-state index in [1.807, 2.05) is 0 Å². The first-order valence-corrected chi connectivity index (χ1v) is 5.21. The van der Waals surface area contributed by atoms with Crippen molar-refractivity contribution < 1.29 is 18.3 Å². The lowest BCUT2D eigenvalue weighted by Crippen LogP contribution is -2.28. The lowest BCUT2D eigenvalue weighted by atomic mass is 10.1. The third-order valence-corrected chi connectivity index (χ3v) is 2.51. The summed E-state index contributed by atoms with van der Waals surface area (Å²) in [5.41, 5.74) is 0. The van der Waals surface area contributed by atoms with Gasteiger partial charge >= 0.3 is 5.97 Å². The van der Waals surface area contributed by atoms with Gasteiger partial charge in [-0.3, -0.25) is 10.2 Å². The molecule has 0 aromatic heterocycles. The van der Waals surface area contributed by atoms with E-state index in [-0.39, 0.29) is 6.42 Å². The van der Waals surface area contributed by atoms with Gasteiger partial charge in [-0.15, -0.1) is 0 Å². The molecular formula is C6H11NO4S. The van der Waals surface area contributed by atoms with E-state index in [2.05, 4.69) is 0 Å². The average molecular weight is 193 g/mol. The van der Waals surface area contributed by atoms with Crippen molar-refractivity contribution in [2.45, 2.75) is 13.3 Å². The third kappa shape index (κ3) is 2.61. The summed E-state index contributed by atoms with van der Waals surface area (Å²) in [7, 11) is -3.66. The van der Waals surface area contributed by atoms with Crippen molar-refractivity contribution in [1.82, 2.24) is 0 Å². The van der Waals surface area contributed by atoms with E-state index in [0.29, 0.717) is 0 Å². The number of aliphatic carboxylic acids is 1. The summed E-state index contributed by atoms with van der Waals surface area (Å²) >= 11 is 0. The monoisotopic (exact) mass is 193 g/mol. The molecule has 0 aromatic carbocycles. The maximum absolute atomic E-state index is 10.7. The number of hydrogen-bond donors (Lipinski definition) is 2. The molecule has 0 aliphatic carbocycles. The second kappa shape index (κ2) is 3.66. The van der Waals surface area contributed by atoms with Crippen LogP contribution in [0, 0.1) is 11.3 Å². The summed E-state index contributed by atoms with van der Waals surface area (Å²) in [6.45, 7) is 1.53. The highest BCUT2D eigenvalue weighted by molar-refractivity contribution is 8.05. The molecule has 0 unspecified atom stereocenters. The number of carboxylic acid groups (broad SMARTS) is 1. The molecular weight excluding hydrogens is 182 g/mol. The van der Waals surface area contributed by atoms with Crippen LogP contribution in [-0.2, 0) is 14.6 Å². The predicted octanol–water partition coefficient (Wildman–Crippen LogP) is 0.119. The fourth-order valence-electron chi connectivity index (χ4n) is 0.731. The van der Waals surface area contributed by atoms with Gasteiger partial charge in [0.05, 0.1) is 0 Å². The first kappa shape index (κ1) is 11.1. The molecule has 0 fully saturated rings. The van der Waals surface area contributed by atoms with Gasteiger partial charge in [-0.05, 0) is 6.42 Å². The Kier molecular flexibility index (Phi) is 3.38. The van der Waals surface area contributed by atoms with Crippen molar-refractivity contribution in [1.29, 1.82) is 5.41 Å². The maximum Gasteiger partial charge on any atom is 0.313 e. The highest BCUT2D eigenvalue weighted by Crippen LogP contribution is 2.08. The summed E-state index contributed by atoms with van der Waals surface area (Å²) in [4.78, 5) is 10.4. The summed E-state index contributed by atoms with van der Waals surface area (Å²) in [6.07, 6.45) is 0.947. The molecule has 12 heavy (non-hydrogen) atoms. The van der Waals surface area contributed by atoms with E-state index in [1.54, 1.807) is 0 Å². The van der Waals surface area contributed by atoms with Gasteiger partial charge in [-0.1, -0.05) is 6.92 Å². The van der Waals surface area contributed by atoms with Crippen molar-refractivity contribution in [3.8, 4) is 0 Å². The zero-order chi connectivity index (χ0) is 9.94. The van der Waals surface area contributed by atoms with E-state index in [1.165, 1.54) is 6.92 Å². The molecule has 0 amide bonds. The fraction of sp³-hybridized carbons (Fsp3) is 0.667. The van der Waals surface area contributed by atoms with Crippen LogP contribution in [-0.4, -0.2) is 30.8 Å². The Bertz CT molecular complexity index is 293. The molecule has 1 atom stereocenters. The SMILES string of the molecule is CC[C@H](C(=N)S(C)(=O)=O)C(=O)O. The van der Waals surface area contributed by atoms with Gasteiger partial charge in [0.2, 0.25) is 0 Å². The van der Waals surface area contributed by atoms with E-state index in [0.717, 1.165) is 6.26 Å². The smallest absolute Gasteiger partial charge is 0.313 e. The number of carbonyl (C=O) groups is 1. The number of nitrogens with one attached hydrogen (secondary N) is 1. The van der Waals surface area contributed by atoms with E-state index < -0.39 is 26.8 Å². The van der Waals surface area contributed by atoms with Gasteiger partial charge in [-0.2, -0.15) is 0 Å². The second-order valence-corrected chi connectivity index (χ2v) is 4.42. The Labute approximate surface area is 70.8 Å². The number of hydrogen-bond acceptors (Lipinski definition) is 4. The first-order chi connectivity index (χ1) is 5.30. The van der Waals surface area contributed by atoms with E-state index >= 15 is 0 Å². The van der Waals surface area contributed by atoms with Crippen LogP contribution in [0.1, 0.15) is 13.3 Å². The minimum absolute atomic E-state index is 0.112. The van der Waals surface area contributed by atoms with Crippen molar-refractivity contribution >= 4 is 20.9 Å². The maximum atomic E-state index is 10.7. The highest BCUT2D eigenvalue weighted by atomic mass is 32.2. The summed E-state index contributed by atoms with van der Waals surface area (Å²) in [5.74, 6) is -2.48. The van der Waals surface area contributed by atoms with Gasteiger partial charge in [0.25, 0.3) is 0 Å². The molecule has 0 rings (SSSR count). The van der Waals surface area contributed by atoms with Crippen molar-refractivity contribution in [2.24, 2.45) is 5.92 Å². The van der Waals surface area contributed by atoms with Gasteiger partial charge in [-0.25, -0.2) is 8.42 Å². The van der Waals surface area contributed by atoms with Crippen LogP contribution in [0.15, 0.2) is 0 Å². The van der Waals surface area contributed by atoms with Gasteiger partial charge < -0.3 is 5.11 Å². The fourth-order valence-corrected chi connectivity index (χ4v) is 1.51. The first-order valence-electron chi connectivity index (χ1n) is 3.32. The molecule has 0 saturated carbocycles. The molecule has 0 saturated heterocycles. The standard InChI is InChI=1S/C6H11NO4S/c1-3-4(6(8)9)5(7)12(2,10)11/h4,7H,3H2,1-2H3,(H,8,9)/t4-/m1/s1. The minimum Gasteiger partial charge on any atom is -0.481 e. The van der Waals surface area contributed by atoms with E-state index in [4.69, 9.17) is 10.5 Å². The lowest BCUT2D eigenvalue weighted by Gasteiger charge is -2.08. The van der Waals surface area contributed by atoms with Crippen LogP contribution in [0.5, 0.6) is 0 Å². The van der Waals surface area contributed by atoms with Gasteiger partial charge in [0.1, 0.15) is 11.0 Å². The number of carboxylic acids is 1. The predicted molar refractivity (Wildman–Crippen MR) is 44.0 cm³/mol. The molecule has 0 aliphatic rings. The molecule has 0 aliphatic heterocycles. The van der Waals surface area contributed by atoms with Crippen molar-refractivity contribution in [3.63, 3.8) is 0 Å². The second-order valence-electron chi connectivity index (χ2n) is 2.44. The minimum atomic E-state index is -3.66. The van der Waals surface area contributed by atoms with Crippen LogP contribution in [0.25, 0.3) is 0 Å². The average Bonchev–Trinajstić information content (AvgIpc) is 1.86. The molecule has 0 bridgehead atoms. The Morgan fingerprint density at radius 3 is 2.08 bits per heavy atom. The molecule has 6 heteroatoms. The van der Waals surface area contributed by atoms with Gasteiger partial charge in [0, 0.05) is 6.26 Å². The molecule has 0 radical (unpaired) electrons. The largest absolute Gasteiger partial charge is 0.481 e. The Balaban J connectivity index is 4.79. The van der Waals surface area contributed by atoms with E-state index in [9.17, 15) is 13.2 Å². The number of sulfone groups is 1. The molecule has 2 N–H and O–H groups in total. The summed E-state index contributed by atoms with van der Waals surface area (Å²) in [6, 6.07) is 0. The Morgan fingerprint density at radius 2 is 2.00 bits per heavy atom. The van der Waals surface area contributed by atoms with Crippen LogP contribution in [0.3, 0.4) is 0 Å². The zero-order valence-electron chi connectivity index (χ0n) is 6.86. The van der Waals surface area contributed by atoms with Crippen LogP contribution in [0.2, 0.25) is 0 Å². The quantitative estimate of drug-likeness (QED) is 0.491. The Hall–Kier alpha value is -0.910. The number of rotatable bonds is 3. The molecule has 0 heterocycles. The topological polar surface area (TPSA) is 95.3 Å². The van der Waals surface area contributed by atoms with Gasteiger partial charge in [0.15, 0.2) is 9.84 Å². The normalized spacial score (nSPS) is 13.8. The third-order valence-electron chi connectivity index (χ3n) is 1.42. The lowest BCUT2D eigenvalue weighted by molar-refractivity contribution is -0.139. The molecule has 0 spiro atoms. The van der Waals surface area contributed by atoms with Crippen molar-refractivity contribution in [2.75, 3.05) is 6.26 Å². The summed E-state index contributed by atoms with van der Waals surface area (Å²) in [5, 5.41) is 14.8. The highest BCUT2D eigenvalue weighted by Gasteiger charge is 2.27. The van der Waals surface area contributed by atoms with Crippen LogP contribution >= 0.6 is 0 Å². The summed E-state index contributed by atoms with van der Waals surface area (Å²) < 4.78 is 21.5.